The fourth-order valence-electron chi connectivity index (χ4n) is 2.96. The highest BCUT2D eigenvalue weighted by atomic mass is 32.1. The number of nitrogens with zero attached hydrogens (tertiary/aromatic N) is 2. The van der Waals surface area contributed by atoms with Gasteiger partial charge in [0.15, 0.2) is 0 Å². The molecule has 0 bridgehead atoms. The topological polar surface area (TPSA) is 49.9 Å². The third kappa shape index (κ3) is 7.95. The summed E-state index contributed by atoms with van der Waals surface area (Å²) in [5.74, 6) is -0.446. The van der Waals surface area contributed by atoms with Gasteiger partial charge in [-0.15, -0.1) is 11.3 Å². The number of hydrogen-bond donors (Lipinski definition) is 0. The van der Waals surface area contributed by atoms with Crippen molar-refractivity contribution in [2.45, 2.75) is 39.3 Å². The van der Waals surface area contributed by atoms with Crippen molar-refractivity contribution in [2.24, 2.45) is 0 Å². The standard InChI is InChI=1S/C22H29FN2O3S/c1-3-6-21(26)24(12-5-13-28-2)17-22(27)25(16-20-7-4-14-29-20)15-18-8-10-19(23)11-9-18/h4,7-11,14H,3,5-6,12-13,15-17H2,1-2H3. The summed E-state index contributed by atoms with van der Waals surface area (Å²) >= 11 is 1.58. The van der Waals surface area contributed by atoms with E-state index in [0.29, 0.717) is 39.1 Å². The Morgan fingerprint density at radius 3 is 2.45 bits per heavy atom. The van der Waals surface area contributed by atoms with E-state index in [4.69, 9.17) is 4.74 Å². The van der Waals surface area contributed by atoms with Crippen LogP contribution in [0.1, 0.15) is 36.6 Å². The molecule has 2 rings (SSSR count). The Bertz CT molecular complexity index is 750. The number of amides is 2. The maximum absolute atomic E-state index is 13.2. The van der Waals surface area contributed by atoms with Crippen molar-refractivity contribution in [3.8, 4) is 0 Å². The Morgan fingerprint density at radius 2 is 1.83 bits per heavy atom. The highest BCUT2D eigenvalue weighted by Crippen LogP contribution is 2.16. The first kappa shape index (κ1) is 23.0. The minimum Gasteiger partial charge on any atom is -0.385 e. The number of methoxy groups -OCH3 is 1. The summed E-state index contributed by atoms with van der Waals surface area (Å²) in [5, 5.41) is 1.97. The summed E-state index contributed by atoms with van der Waals surface area (Å²) in [6.07, 6.45) is 1.84. The zero-order chi connectivity index (χ0) is 21.1. The number of carbonyl (C=O) groups is 2. The molecule has 1 heterocycles. The van der Waals surface area contributed by atoms with Gasteiger partial charge in [0.1, 0.15) is 5.82 Å². The summed E-state index contributed by atoms with van der Waals surface area (Å²) in [6, 6.07) is 10.1. The summed E-state index contributed by atoms with van der Waals surface area (Å²) in [4.78, 5) is 30.0. The number of halogens is 1. The van der Waals surface area contributed by atoms with E-state index in [1.54, 1.807) is 40.4 Å². The van der Waals surface area contributed by atoms with Gasteiger partial charge >= 0.3 is 0 Å². The largest absolute Gasteiger partial charge is 0.385 e. The normalized spacial score (nSPS) is 10.7. The van der Waals surface area contributed by atoms with E-state index in [9.17, 15) is 14.0 Å². The lowest BCUT2D eigenvalue weighted by atomic mass is 10.2. The maximum Gasteiger partial charge on any atom is 0.242 e. The molecule has 0 aliphatic carbocycles. The van der Waals surface area contributed by atoms with Gasteiger partial charge in [0.05, 0.1) is 13.1 Å². The molecule has 0 spiro atoms. The second kappa shape index (κ2) is 12.3. The predicted octanol–water partition coefficient (Wildman–Crippen LogP) is 4.08. The number of carbonyl (C=O) groups excluding carboxylic acids is 2. The molecule has 0 atom stereocenters. The van der Waals surface area contributed by atoms with Gasteiger partial charge < -0.3 is 14.5 Å². The van der Waals surface area contributed by atoms with Gasteiger partial charge in [0.2, 0.25) is 11.8 Å². The van der Waals surface area contributed by atoms with Crippen molar-refractivity contribution in [2.75, 3.05) is 26.8 Å². The molecule has 1 aromatic heterocycles. The lowest BCUT2D eigenvalue weighted by Crippen LogP contribution is -2.43. The van der Waals surface area contributed by atoms with Gasteiger partial charge in [-0.2, -0.15) is 0 Å². The molecule has 0 aliphatic rings. The van der Waals surface area contributed by atoms with Crippen LogP contribution in [-0.2, 0) is 27.4 Å². The van der Waals surface area contributed by atoms with Gasteiger partial charge in [-0.3, -0.25) is 9.59 Å². The van der Waals surface area contributed by atoms with Crippen molar-refractivity contribution in [3.63, 3.8) is 0 Å². The van der Waals surface area contributed by atoms with E-state index < -0.39 is 0 Å². The molecular formula is C22H29FN2O3S. The SMILES string of the molecule is CCCC(=O)N(CCCOC)CC(=O)N(Cc1ccc(F)cc1)Cc1cccs1. The average molecular weight is 421 g/mol. The van der Waals surface area contributed by atoms with Crippen LogP contribution in [0.2, 0.25) is 0 Å². The predicted molar refractivity (Wildman–Crippen MR) is 113 cm³/mol. The van der Waals surface area contributed by atoms with Crippen LogP contribution in [0.15, 0.2) is 41.8 Å². The molecular weight excluding hydrogens is 391 g/mol. The van der Waals surface area contributed by atoms with Crippen molar-refractivity contribution in [1.82, 2.24) is 9.80 Å². The third-order valence-electron chi connectivity index (χ3n) is 4.49. The fourth-order valence-corrected chi connectivity index (χ4v) is 3.68. The van der Waals surface area contributed by atoms with Crippen LogP contribution >= 0.6 is 11.3 Å². The smallest absolute Gasteiger partial charge is 0.242 e. The van der Waals surface area contributed by atoms with Gasteiger partial charge in [-0.25, -0.2) is 4.39 Å². The first-order chi connectivity index (χ1) is 14.0. The minimum absolute atomic E-state index is 0.0187. The maximum atomic E-state index is 13.2. The number of benzene rings is 1. The Kier molecular flexibility index (Phi) is 9.80. The molecule has 7 heteroatoms. The average Bonchev–Trinajstić information content (AvgIpc) is 3.21. The van der Waals surface area contributed by atoms with Crippen molar-refractivity contribution >= 4 is 23.2 Å². The molecule has 5 nitrogen and oxygen atoms in total. The molecule has 2 amide bonds. The summed E-state index contributed by atoms with van der Waals surface area (Å²) in [5.41, 5.74) is 0.849. The van der Waals surface area contributed by atoms with E-state index in [-0.39, 0.29) is 24.2 Å². The molecule has 0 saturated heterocycles. The molecule has 0 aliphatic heterocycles. The zero-order valence-corrected chi connectivity index (χ0v) is 17.9. The van der Waals surface area contributed by atoms with Crippen LogP contribution in [0, 0.1) is 5.82 Å². The van der Waals surface area contributed by atoms with Crippen LogP contribution in [0.3, 0.4) is 0 Å². The molecule has 0 unspecified atom stereocenters. The summed E-state index contributed by atoms with van der Waals surface area (Å²) in [7, 11) is 1.62. The fraction of sp³-hybridized carbons (Fsp3) is 0.455. The van der Waals surface area contributed by atoms with Gasteiger partial charge in [0.25, 0.3) is 0 Å². The number of rotatable bonds is 12. The van der Waals surface area contributed by atoms with E-state index in [2.05, 4.69) is 0 Å². The Balaban J connectivity index is 2.11. The van der Waals surface area contributed by atoms with Crippen molar-refractivity contribution < 1.29 is 18.7 Å². The molecule has 1 aromatic carbocycles. The minimum atomic E-state index is -0.306. The van der Waals surface area contributed by atoms with Crippen molar-refractivity contribution in [3.05, 3.63) is 58.0 Å². The zero-order valence-electron chi connectivity index (χ0n) is 17.1. The Labute approximate surface area is 176 Å². The van der Waals surface area contributed by atoms with E-state index in [1.807, 2.05) is 24.4 Å². The Morgan fingerprint density at radius 1 is 1.07 bits per heavy atom. The van der Waals surface area contributed by atoms with Crippen molar-refractivity contribution in [1.29, 1.82) is 0 Å². The van der Waals surface area contributed by atoms with Gasteiger partial charge in [0, 0.05) is 38.1 Å². The molecule has 158 valence electrons. The van der Waals surface area contributed by atoms with Gasteiger partial charge in [-0.1, -0.05) is 25.1 Å². The van der Waals surface area contributed by atoms with Crippen LogP contribution in [0.25, 0.3) is 0 Å². The molecule has 0 radical (unpaired) electrons. The van der Waals surface area contributed by atoms with Crippen LogP contribution in [-0.4, -0.2) is 48.4 Å². The second-order valence-electron chi connectivity index (χ2n) is 6.87. The highest BCUT2D eigenvalue weighted by Gasteiger charge is 2.21. The number of ether oxygens (including phenoxy) is 1. The monoisotopic (exact) mass is 420 g/mol. The lowest BCUT2D eigenvalue weighted by Gasteiger charge is -2.28. The van der Waals surface area contributed by atoms with E-state index >= 15 is 0 Å². The highest BCUT2D eigenvalue weighted by molar-refractivity contribution is 7.09. The van der Waals surface area contributed by atoms with Crippen LogP contribution in [0.5, 0.6) is 0 Å². The summed E-state index contributed by atoms with van der Waals surface area (Å²) < 4.78 is 18.3. The number of hydrogen-bond acceptors (Lipinski definition) is 4. The number of thiophene rings is 1. The first-order valence-corrected chi connectivity index (χ1v) is 10.7. The summed E-state index contributed by atoms with van der Waals surface area (Å²) in [6.45, 7) is 3.84. The van der Waals surface area contributed by atoms with E-state index in [1.165, 1.54) is 12.1 Å². The van der Waals surface area contributed by atoms with Gasteiger partial charge in [-0.05, 0) is 42.0 Å². The lowest BCUT2D eigenvalue weighted by molar-refractivity contribution is -0.141. The Hall–Kier alpha value is -2.25. The molecule has 0 fully saturated rings. The van der Waals surface area contributed by atoms with Crippen LogP contribution < -0.4 is 0 Å². The first-order valence-electron chi connectivity index (χ1n) is 9.84. The molecule has 0 saturated carbocycles. The second-order valence-corrected chi connectivity index (χ2v) is 7.90. The molecule has 29 heavy (non-hydrogen) atoms. The van der Waals surface area contributed by atoms with Crippen LogP contribution in [0.4, 0.5) is 4.39 Å². The quantitative estimate of drug-likeness (QED) is 0.486. The van der Waals surface area contributed by atoms with E-state index in [0.717, 1.165) is 16.9 Å². The molecule has 2 aromatic rings. The molecule has 0 N–H and O–H groups in total. The third-order valence-corrected chi connectivity index (χ3v) is 5.35.